The molecule has 0 fully saturated rings. The number of hydrogen-bond acceptors (Lipinski definition) is 14. The van der Waals surface area contributed by atoms with Crippen molar-refractivity contribution in [2.75, 3.05) is 9.80 Å². The van der Waals surface area contributed by atoms with E-state index >= 15 is 0 Å². The number of fused-ring (bicyclic) bond motifs is 18. The molecule has 0 amide bonds. The molecule has 10 aromatic heterocycles. The van der Waals surface area contributed by atoms with Crippen molar-refractivity contribution < 1.29 is 0 Å². The Morgan fingerprint density at radius 1 is 0.278 bits per heavy atom. The van der Waals surface area contributed by atoms with E-state index in [-0.39, 0.29) is 0 Å². The van der Waals surface area contributed by atoms with E-state index < -0.39 is 10.8 Å². The number of rotatable bonds is 7. The van der Waals surface area contributed by atoms with E-state index in [0.29, 0.717) is 11.6 Å². The Morgan fingerprint density at radius 2 is 0.667 bits per heavy atom. The molecule has 12 heterocycles. The number of thiophene rings is 4. The minimum Gasteiger partial charge on any atom is -0.294 e. The first-order valence-electron chi connectivity index (χ1n) is 29.5. The summed E-state index contributed by atoms with van der Waals surface area (Å²) in [6.07, 6.45) is 7.34. The number of anilines is 6. The Bertz CT molecular complexity index is 4940. The van der Waals surface area contributed by atoms with Gasteiger partial charge in [0.05, 0.1) is 39.3 Å². The molecular formula is C76H46N10S4. The van der Waals surface area contributed by atoms with Gasteiger partial charge in [0.2, 0.25) is 0 Å². The molecular weight excluding hydrogens is 1180 g/mol. The second kappa shape index (κ2) is 21.0. The van der Waals surface area contributed by atoms with Gasteiger partial charge in [0.25, 0.3) is 0 Å². The van der Waals surface area contributed by atoms with Crippen LogP contribution in [0.15, 0.2) is 277 Å². The Labute approximate surface area is 534 Å². The molecule has 14 heteroatoms. The number of aromatic nitrogens is 8. The number of para-hydroxylation sites is 2. The Balaban J connectivity index is 0.000000135. The molecule has 5 aromatic carbocycles. The lowest BCUT2D eigenvalue weighted by Crippen LogP contribution is -2.36. The number of nitrogens with zero attached hydrogens (tertiary/aromatic N) is 10. The standard InChI is InChI=1S/C41H25N5S2.C35H21N5S2/c1-2-9-26(10-3-1)34-25-35(45-39(44-34)33-13-6-7-21-42-33)27-15-17-28(18-16-27)46-36-14-5-4-11-29(36)41(32-12-8-22-43-40(32)46)30-19-23-47-37(30)38-31(41)20-24-48-38;1-2-9-22(10-3-1)28-21-30(39-33(38-28)27-13-6-7-17-36-27)40-29-14-5-4-11-23(29)35(26-12-8-18-37-34(26)40)24-15-19-41-31(24)32-25(35)16-20-42-32/h1-25H;1-21H. The van der Waals surface area contributed by atoms with Gasteiger partial charge in [-0.05, 0) is 146 Å². The monoisotopic (exact) mass is 1230 g/mol. The number of pyridine rings is 4. The van der Waals surface area contributed by atoms with Crippen molar-refractivity contribution in [3.63, 3.8) is 0 Å². The summed E-state index contributed by atoms with van der Waals surface area (Å²) in [5, 5.41) is 8.90. The molecule has 0 N–H and O–H groups in total. The molecule has 10 nitrogen and oxygen atoms in total. The van der Waals surface area contributed by atoms with Crippen LogP contribution in [0.25, 0.3) is 76.3 Å². The summed E-state index contributed by atoms with van der Waals surface area (Å²) in [5.41, 5.74) is 19.7. The average Bonchev–Trinajstić information content (AvgIpc) is 1.47. The third-order valence-corrected chi connectivity index (χ3v) is 21.6. The summed E-state index contributed by atoms with van der Waals surface area (Å²) in [4.78, 5) is 49.3. The average molecular weight is 1230 g/mol. The molecule has 424 valence electrons. The first-order chi connectivity index (χ1) is 44.6. The van der Waals surface area contributed by atoms with Crippen LogP contribution in [0.4, 0.5) is 34.5 Å². The maximum atomic E-state index is 5.15. The van der Waals surface area contributed by atoms with E-state index in [1.807, 2.05) is 131 Å². The second-order valence-corrected chi connectivity index (χ2v) is 25.9. The molecule has 15 aromatic rings. The molecule has 90 heavy (non-hydrogen) atoms. The van der Waals surface area contributed by atoms with Crippen molar-refractivity contribution >= 4 is 79.9 Å². The lowest BCUT2D eigenvalue weighted by molar-refractivity contribution is 0.746. The van der Waals surface area contributed by atoms with E-state index in [2.05, 4.69) is 199 Å². The smallest absolute Gasteiger partial charge is 0.180 e. The Kier molecular flexibility index (Phi) is 12.2. The summed E-state index contributed by atoms with van der Waals surface area (Å²) < 4.78 is 0. The first kappa shape index (κ1) is 52.4. The van der Waals surface area contributed by atoms with Gasteiger partial charge >= 0.3 is 0 Å². The normalized spacial score (nSPS) is 13.7. The largest absolute Gasteiger partial charge is 0.294 e. The van der Waals surface area contributed by atoms with Gasteiger partial charge in [-0.15, -0.1) is 45.3 Å². The molecule has 0 unspecified atom stereocenters. The van der Waals surface area contributed by atoms with Crippen LogP contribution < -0.4 is 9.80 Å². The van der Waals surface area contributed by atoms with Crippen LogP contribution in [-0.2, 0) is 10.8 Å². The summed E-state index contributed by atoms with van der Waals surface area (Å²) in [6.45, 7) is 0. The zero-order valence-corrected chi connectivity index (χ0v) is 50.9. The van der Waals surface area contributed by atoms with Gasteiger partial charge < -0.3 is 0 Å². The summed E-state index contributed by atoms with van der Waals surface area (Å²) in [7, 11) is 0. The molecule has 0 atom stereocenters. The van der Waals surface area contributed by atoms with Gasteiger partial charge in [0.15, 0.2) is 11.6 Å². The second-order valence-electron chi connectivity index (χ2n) is 22.2. The molecule has 0 saturated heterocycles. The van der Waals surface area contributed by atoms with Crippen molar-refractivity contribution in [2.24, 2.45) is 0 Å². The van der Waals surface area contributed by atoms with E-state index in [0.717, 1.165) is 85.2 Å². The van der Waals surface area contributed by atoms with Gasteiger partial charge in [-0.2, -0.15) is 0 Å². The Hall–Kier alpha value is -10.7. The van der Waals surface area contributed by atoms with Crippen molar-refractivity contribution in [3.8, 4) is 76.3 Å². The summed E-state index contributed by atoms with van der Waals surface area (Å²) in [5.74, 6) is 3.74. The highest BCUT2D eigenvalue weighted by Gasteiger charge is 2.55. The number of benzene rings is 5. The zero-order chi connectivity index (χ0) is 59.3. The minimum atomic E-state index is -0.444. The highest BCUT2D eigenvalue weighted by molar-refractivity contribution is 7.21. The third kappa shape index (κ3) is 7.85. The van der Waals surface area contributed by atoms with E-state index in [9.17, 15) is 0 Å². The van der Waals surface area contributed by atoms with Gasteiger partial charge in [-0.1, -0.05) is 133 Å². The van der Waals surface area contributed by atoms with Crippen LogP contribution >= 0.6 is 45.3 Å². The minimum absolute atomic E-state index is 0.405. The topological polar surface area (TPSA) is 110 Å². The molecule has 2 aliphatic heterocycles. The van der Waals surface area contributed by atoms with Gasteiger partial charge in [-0.3, -0.25) is 19.8 Å². The lowest BCUT2D eigenvalue weighted by atomic mass is 9.66. The quantitative estimate of drug-likeness (QED) is 0.153. The first-order valence-corrected chi connectivity index (χ1v) is 33.0. The van der Waals surface area contributed by atoms with Gasteiger partial charge in [0.1, 0.15) is 28.8 Å². The Morgan fingerprint density at radius 3 is 1.14 bits per heavy atom. The van der Waals surface area contributed by atoms with Crippen LogP contribution in [0, 0.1) is 0 Å². The maximum absolute atomic E-state index is 5.15. The highest BCUT2D eigenvalue weighted by Crippen LogP contribution is 2.67. The summed E-state index contributed by atoms with van der Waals surface area (Å²) in [6, 6.07) is 80.3. The zero-order valence-electron chi connectivity index (χ0n) is 47.7. The van der Waals surface area contributed by atoms with Crippen LogP contribution in [-0.4, -0.2) is 39.9 Å². The fraction of sp³-hybridized carbons (Fsp3) is 0.0263. The summed E-state index contributed by atoms with van der Waals surface area (Å²) >= 11 is 7.31. The molecule has 2 spiro atoms. The van der Waals surface area contributed by atoms with Crippen LogP contribution in [0.3, 0.4) is 0 Å². The van der Waals surface area contributed by atoms with Crippen LogP contribution in [0.2, 0.25) is 0 Å². The van der Waals surface area contributed by atoms with Crippen molar-refractivity contribution in [2.45, 2.75) is 10.8 Å². The lowest BCUT2D eigenvalue weighted by Gasteiger charge is -2.43. The molecule has 2 aliphatic carbocycles. The molecule has 0 radical (unpaired) electrons. The van der Waals surface area contributed by atoms with Crippen molar-refractivity contribution in [1.29, 1.82) is 0 Å². The molecule has 19 rings (SSSR count). The number of hydrogen-bond donors (Lipinski definition) is 0. The molecule has 0 saturated carbocycles. The van der Waals surface area contributed by atoms with E-state index in [1.165, 1.54) is 58.5 Å². The maximum Gasteiger partial charge on any atom is 0.180 e. The van der Waals surface area contributed by atoms with E-state index in [4.69, 9.17) is 29.9 Å². The van der Waals surface area contributed by atoms with Crippen LogP contribution in [0.5, 0.6) is 0 Å². The van der Waals surface area contributed by atoms with Crippen molar-refractivity contribution in [1.82, 2.24) is 39.9 Å². The fourth-order valence-electron chi connectivity index (χ4n) is 13.9. The third-order valence-electron chi connectivity index (χ3n) is 17.6. The highest BCUT2D eigenvalue weighted by atomic mass is 32.1. The van der Waals surface area contributed by atoms with Gasteiger partial charge in [-0.25, -0.2) is 29.9 Å². The fourth-order valence-corrected chi connectivity index (χ4v) is 18.1. The van der Waals surface area contributed by atoms with Crippen molar-refractivity contribution in [3.05, 3.63) is 321 Å². The molecule has 4 aliphatic rings. The molecule has 0 bridgehead atoms. The van der Waals surface area contributed by atoms with Gasteiger partial charge in [0, 0.05) is 83.9 Å². The van der Waals surface area contributed by atoms with E-state index in [1.54, 1.807) is 12.4 Å². The predicted molar refractivity (Wildman–Crippen MR) is 365 cm³/mol. The predicted octanol–water partition coefficient (Wildman–Crippen LogP) is 19.4. The van der Waals surface area contributed by atoms with Crippen LogP contribution in [0.1, 0.15) is 44.5 Å². The SMILES string of the molecule is c1ccc(-c2cc(-c3ccc(N4c5ccccc5C5(c6cccnc64)c4ccsc4-c4sccc45)cc3)nc(-c3ccccn3)n2)cc1.c1ccc(-c2cc(N3c4ccccc4C4(c5cccnc53)c3ccsc3-c3sccc34)nc(-c3ccccn3)n2)cc1.